The van der Waals surface area contributed by atoms with Gasteiger partial charge in [-0.05, 0) is 244 Å². The van der Waals surface area contributed by atoms with Gasteiger partial charge in [-0.1, -0.05) is 64.1 Å². The van der Waals surface area contributed by atoms with Crippen LogP contribution < -0.4 is 53.2 Å². The SMILES string of the molecule is CC[C@@H]1Nc2ccc(C(=O)N(C)Cc3nc4ccccc4[nH]3)cc2CN(CCCN[C@H](O)CC[C@@H](C)N[C@@H](O)CC[C@H](C)[C@H](O)N[C@@H](CC[C@H](O)N[C@H](C)CC[C@H](O)NCCCN2Cc3cc(C(=O)N(C)Cc4nc5ccccc5[nH]4)ccc3N[C@@H](CC)[C@@H]2O)C(=O)N[C@H](C)CCC(=O)NCCCN2Cc3cc(C(=O)N(C)Cc4nc5ccccc5[nH]4)ccc3N[C@@H](CC)[C@@H]2O)C1=O. The number of benzene rings is 6. The minimum absolute atomic E-state index is 0.0446. The van der Waals surface area contributed by atoms with Gasteiger partial charge >= 0.3 is 0 Å². The van der Waals surface area contributed by atoms with Crippen molar-refractivity contribution < 1.29 is 64.5 Å². The van der Waals surface area contributed by atoms with Gasteiger partial charge in [0.25, 0.3) is 17.7 Å². The molecule has 15 atom stereocenters. The zero-order valence-electron chi connectivity index (χ0n) is 78.7. The Balaban J connectivity index is 0.583. The molecule has 722 valence electrons. The number of fused-ring (bicyclic) bond motifs is 6. The van der Waals surface area contributed by atoms with Crippen LogP contribution in [0, 0.1) is 5.92 Å². The van der Waals surface area contributed by atoms with Gasteiger partial charge < -0.3 is 96.9 Å². The highest BCUT2D eigenvalue weighted by Crippen LogP contribution is 2.33. The molecule has 6 aromatic carbocycles. The van der Waals surface area contributed by atoms with E-state index in [2.05, 4.69) is 83.1 Å². The Morgan fingerprint density at radius 3 is 1.30 bits per heavy atom. The second-order valence-corrected chi connectivity index (χ2v) is 36.6. The first-order valence-corrected chi connectivity index (χ1v) is 47.6. The van der Waals surface area contributed by atoms with Crippen LogP contribution in [0.1, 0.15) is 216 Å². The number of anilines is 3. The molecule has 6 amide bonds. The molecule has 20 N–H and O–H groups in total. The first-order chi connectivity index (χ1) is 64.0. The molecular weight excluding hydrogens is 1690 g/mol. The van der Waals surface area contributed by atoms with Crippen molar-refractivity contribution in [3.05, 3.63) is 178 Å². The maximum absolute atomic E-state index is 14.4. The summed E-state index contributed by atoms with van der Waals surface area (Å²) in [5.74, 6) is 0.317. The van der Waals surface area contributed by atoms with E-state index in [4.69, 9.17) is 0 Å². The quantitative estimate of drug-likeness (QED) is 0.0128. The summed E-state index contributed by atoms with van der Waals surface area (Å²) < 4.78 is 0. The van der Waals surface area contributed by atoms with E-state index in [-0.39, 0.29) is 98.9 Å². The standard InChI is InChI=1S/C98H142N22O13/c1-11-70-96(131)118(54-67-51-64(33-36-73(67)105-70)93(128)115(8)57-83-108-76-23-14-15-24-77(76)109-83)48-20-45-99-86(121)41-30-61(5)102-89(124)40-29-60(4)91(126)114-82(92(127)104-63(7)32-43-88(123)101-47-22-50-120-56-69-53-66(35-38-75(69)107-72(13-3)98(120)133)95(130)117(10)59-85-112-80-27-18-19-28-81(80)113-85)39-44-90(125)103-62(6)31-42-87(122)100-46-21-49-119-55-68-52-65(34-37-74(68)106-71(12-2)97(119)132)94(129)116(9)58-84-110-78-25-16-17-26-79(78)111-84/h14-19,23-28,33-38,51-53,60-63,70-72,82,86-87,89-91,97-100,102-103,105-107,114,121-122,124-126,132-133H,11-13,20-22,29-32,39-50,54-59H2,1-10H3,(H,101,123)(H,104,127)(H,108,109)(H,110,111)(H,112,113)/t60-,61+,62+,63+,70-,71-,72-,82-,86+,87-,89-,90-,91-,97-,98-/m0/s1. The van der Waals surface area contributed by atoms with Gasteiger partial charge in [-0.3, -0.25) is 65.2 Å². The average Bonchev–Trinajstić information content (AvgIpc) is 1.76. The Bertz CT molecular complexity index is 5190. The number of nitrogens with one attached hydrogen (secondary N) is 13. The lowest BCUT2D eigenvalue weighted by molar-refractivity contribution is -0.132. The van der Waals surface area contributed by atoms with Crippen molar-refractivity contribution in [2.24, 2.45) is 5.92 Å². The van der Waals surface area contributed by atoms with Gasteiger partial charge in [0.2, 0.25) is 17.7 Å². The first kappa shape index (κ1) is 101. The number of nitrogens with zero attached hydrogens (tertiary/aromatic N) is 9. The Labute approximate surface area is 779 Å². The van der Waals surface area contributed by atoms with Crippen molar-refractivity contribution in [1.82, 2.24) is 96.5 Å². The molecule has 0 spiro atoms. The fraction of sp³-hybridized carbons (Fsp3) is 0.541. The van der Waals surface area contributed by atoms with Crippen LogP contribution >= 0.6 is 0 Å². The van der Waals surface area contributed by atoms with Crippen LogP contribution in [-0.4, -0.2) is 277 Å². The second kappa shape index (κ2) is 49.1. The normalized spacial score (nSPS) is 18.8. The zero-order chi connectivity index (χ0) is 94.9. The lowest BCUT2D eigenvalue weighted by Crippen LogP contribution is -2.52. The zero-order valence-corrected chi connectivity index (χ0v) is 78.7. The molecule has 35 heteroatoms. The third-order valence-corrected chi connectivity index (χ3v) is 25.7. The monoisotopic (exact) mass is 1840 g/mol. The van der Waals surface area contributed by atoms with Crippen molar-refractivity contribution in [2.45, 2.75) is 276 Å². The maximum atomic E-state index is 14.4. The number of amides is 6. The van der Waals surface area contributed by atoms with Gasteiger partial charge in [0.05, 0.1) is 70.9 Å². The number of rotatable bonds is 50. The van der Waals surface area contributed by atoms with Crippen LogP contribution in [0.25, 0.3) is 33.1 Å². The molecule has 35 nitrogen and oxygen atoms in total. The summed E-state index contributed by atoms with van der Waals surface area (Å²) in [6, 6.07) is 36.8. The fourth-order valence-corrected chi connectivity index (χ4v) is 17.8. The van der Waals surface area contributed by atoms with E-state index in [0.29, 0.717) is 170 Å². The number of aromatic nitrogens is 6. The number of imidazole rings is 3. The van der Waals surface area contributed by atoms with Crippen molar-refractivity contribution in [3.8, 4) is 0 Å². The summed E-state index contributed by atoms with van der Waals surface area (Å²) in [6.45, 7) is 17.8. The van der Waals surface area contributed by atoms with E-state index in [1.165, 1.54) is 0 Å². The summed E-state index contributed by atoms with van der Waals surface area (Å²) >= 11 is 0. The molecule has 3 aliphatic heterocycles. The van der Waals surface area contributed by atoms with Gasteiger partial charge in [-0.2, -0.15) is 0 Å². The van der Waals surface area contributed by atoms with Crippen LogP contribution in [0.4, 0.5) is 17.1 Å². The van der Waals surface area contributed by atoms with E-state index in [1.807, 2.05) is 161 Å². The van der Waals surface area contributed by atoms with Crippen molar-refractivity contribution in [2.75, 3.05) is 76.4 Å². The molecule has 0 radical (unpaired) electrons. The molecule has 12 rings (SSSR count). The van der Waals surface area contributed by atoms with E-state index >= 15 is 0 Å². The van der Waals surface area contributed by atoms with Crippen molar-refractivity contribution in [1.29, 1.82) is 0 Å². The smallest absolute Gasteiger partial charge is 0.254 e. The third kappa shape index (κ3) is 28.7. The topological polar surface area (TPSA) is 470 Å². The molecule has 9 aromatic rings. The van der Waals surface area contributed by atoms with Crippen LogP contribution in [-0.2, 0) is 53.7 Å². The van der Waals surface area contributed by atoms with Gasteiger partial charge in [-0.25, -0.2) is 15.0 Å². The van der Waals surface area contributed by atoms with Crippen LogP contribution in [0.15, 0.2) is 127 Å². The number of carbonyl (C=O) groups excluding carboxylic acids is 6. The first-order valence-electron chi connectivity index (χ1n) is 47.6. The molecule has 133 heavy (non-hydrogen) atoms. The molecule has 0 bridgehead atoms. The fourth-order valence-electron chi connectivity index (χ4n) is 17.8. The minimum Gasteiger partial charge on any atom is -0.379 e. The van der Waals surface area contributed by atoms with Crippen molar-refractivity contribution >= 4 is 85.6 Å². The third-order valence-electron chi connectivity index (χ3n) is 25.7. The average molecular weight is 1840 g/mol. The number of para-hydroxylation sites is 6. The summed E-state index contributed by atoms with van der Waals surface area (Å²) in [7, 11) is 5.22. The molecule has 0 unspecified atom stereocenters. The van der Waals surface area contributed by atoms with Gasteiger partial charge in [0.15, 0.2) is 0 Å². The molecule has 6 heterocycles. The molecule has 0 saturated carbocycles. The summed E-state index contributed by atoms with van der Waals surface area (Å²) in [5, 5.41) is 112. The van der Waals surface area contributed by atoms with Crippen molar-refractivity contribution in [3.63, 3.8) is 0 Å². The van der Waals surface area contributed by atoms with Gasteiger partial charge in [-0.15, -0.1) is 0 Å². The number of aromatic amines is 3. The Kier molecular flexibility index (Phi) is 37.4. The molecule has 3 aliphatic rings. The summed E-state index contributed by atoms with van der Waals surface area (Å²) in [5.41, 5.74) is 11.7. The van der Waals surface area contributed by atoms with E-state index in [9.17, 15) is 64.5 Å². The van der Waals surface area contributed by atoms with Crippen LogP contribution in [0.2, 0.25) is 0 Å². The lowest BCUT2D eigenvalue weighted by atomic mass is 10.0. The second-order valence-electron chi connectivity index (χ2n) is 36.6. The molecule has 0 aliphatic carbocycles. The van der Waals surface area contributed by atoms with E-state index in [0.717, 1.165) is 66.9 Å². The van der Waals surface area contributed by atoms with Crippen LogP contribution in [0.5, 0.6) is 0 Å². The van der Waals surface area contributed by atoms with E-state index in [1.54, 1.807) is 65.9 Å². The maximum Gasteiger partial charge on any atom is 0.254 e. The number of H-pyrrole nitrogens is 3. The number of aliphatic hydroxyl groups is 7. The van der Waals surface area contributed by atoms with Gasteiger partial charge in [0.1, 0.15) is 67.1 Å². The Hall–Kier alpha value is -10.6. The summed E-state index contributed by atoms with van der Waals surface area (Å²) in [4.78, 5) is 118. The highest BCUT2D eigenvalue weighted by molar-refractivity contribution is 5.97. The molecule has 3 aromatic heterocycles. The predicted octanol–water partition coefficient (Wildman–Crippen LogP) is 7.73. The molecular formula is C98H142N22O13. The number of hydrogen-bond acceptors (Lipinski definition) is 26. The Morgan fingerprint density at radius 1 is 0.459 bits per heavy atom. The number of carbonyl (C=O) groups is 6. The summed E-state index contributed by atoms with van der Waals surface area (Å²) in [6.07, 6.45) is -0.389. The predicted molar refractivity (Wildman–Crippen MR) is 514 cm³/mol. The number of hydrogen-bond donors (Lipinski definition) is 20. The van der Waals surface area contributed by atoms with E-state index < -0.39 is 73.5 Å². The molecule has 0 fully saturated rings. The highest BCUT2D eigenvalue weighted by atomic mass is 16.3. The number of aliphatic hydroxyl groups excluding tert-OH is 7. The minimum atomic E-state index is -1.23. The molecule has 0 saturated heterocycles. The van der Waals surface area contributed by atoms with Crippen LogP contribution in [0.3, 0.4) is 0 Å². The lowest BCUT2D eigenvalue weighted by Gasteiger charge is -2.30. The van der Waals surface area contributed by atoms with Gasteiger partial charge in [0, 0.05) is 125 Å². The highest BCUT2D eigenvalue weighted by Gasteiger charge is 2.35. The Morgan fingerprint density at radius 2 is 0.865 bits per heavy atom. The largest absolute Gasteiger partial charge is 0.379 e.